The van der Waals surface area contributed by atoms with Crippen LogP contribution in [-0.4, -0.2) is 54.6 Å². The second-order valence-corrected chi connectivity index (χ2v) is 9.08. The number of hydrazone groups is 1. The second-order valence-electron chi connectivity index (χ2n) is 8.67. The van der Waals surface area contributed by atoms with E-state index in [1.807, 2.05) is 42.5 Å². The lowest BCUT2D eigenvalue weighted by Gasteiger charge is -2.34. The summed E-state index contributed by atoms with van der Waals surface area (Å²) in [4.78, 5) is 17.1. The molecule has 0 spiro atoms. The Morgan fingerprint density at radius 2 is 1.44 bits per heavy atom. The Morgan fingerprint density at radius 1 is 0.853 bits per heavy atom. The van der Waals surface area contributed by atoms with Gasteiger partial charge in [-0.05, 0) is 39.2 Å². The number of piperazine rings is 1. The molecule has 172 valence electrons. The quantitative estimate of drug-likeness (QED) is 0.247. The minimum atomic E-state index is -0.0969. The Kier molecular flexibility index (Phi) is 6.86. The lowest BCUT2D eigenvalue weighted by Crippen LogP contribution is -2.48. The van der Waals surface area contributed by atoms with Crippen molar-refractivity contribution in [3.8, 4) is 0 Å². The van der Waals surface area contributed by atoms with Crippen LogP contribution in [0.3, 0.4) is 0 Å². The van der Waals surface area contributed by atoms with Crippen LogP contribution in [0.2, 0.25) is 5.02 Å². The van der Waals surface area contributed by atoms with E-state index >= 15 is 0 Å². The molecule has 4 aromatic carbocycles. The molecule has 34 heavy (non-hydrogen) atoms. The summed E-state index contributed by atoms with van der Waals surface area (Å²) in [5.74, 6) is -0.0969. The Labute approximate surface area is 204 Å². The van der Waals surface area contributed by atoms with E-state index in [1.165, 1.54) is 0 Å². The summed E-state index contributed by atoms with van der Waals surface area (Å²) in [5.41, 5.74) is 4.88. The fraction of sp³-hybridized carbons (Fsp3) is 0.214. The molecule has 4 aromatic rings. The van der Waals surface area contributed by atoms with E-state index in [0.29, 0.717) is 6.54 Å². The van der Waals surface area contributed by atoms with E-state index in [2.05, 4.69) is 56.7 Å². The van der Waals surface area contributed by atoms with Crippen LogP contribution in [0.4, 0.5) is 0 Å². The van der Waals surface area contributed by atoms with E-state index in [-0.39, 0.29) is 5.91 Å². The normalized spacial score (nSPS) is 15.3. The average Bonchev–Trinajstić information content (AvgIpc) is 2.86. The van der Waals surface area contributed by atoms with E-state index in [9.17, 15) is 4.79 Å². The number of nitrogens with zero attached hydrogens (tertiary/aromatic N) is 3. The van der Waals surface area contributed by atoms with Crippen molar-refractivity contribution in [1.29, 1.82) is 0 Å². The molecular weight excluding hydrogens is 444 g/mol. The predicted molar refractivity (Wildman–Crippen MR) is 140 cm³/mol. The Hall–Kier alpha value is -3.25. The highest BCUT2D eigenvalue weighted by molar-refractivity contribution is 6.31. The highest BCUT2D eigenvalue weighted by Gasteiger charge is 2.19. The first-order valence-electron chi connectivity index (χ1n) is 11.6. The lowest BCUT2D eigenvalue weighted by atomic mass is 9.97. The van der Waals surface area contributed by atoms with Gasteiger partial charge in [-0.3, -0.25) is 14.6 Å². The molecule has 0 aromatic heterocycles. The third kappa shape index (κ3) is 5.12. The number of nitrogens with one attached hydrogen (secondary N) is 1. The molecule has 0 aliphatic carbocycles. The number of benzene rings is 4. The van der Waals surface area contributed by atoms with Crippen molar-refractivity contribution in [2.75, 3.05) is 32.7 Å². The molecule has 0 saturated carbocycles. The largest absolute Gasteiger partial charge is 0.296 e. The third-order valence-electron chi connectivity index (χ3n) is 6.38. The highest BCUT2D eigenvalue weighted by Crippen LogP contribution is 2.27. The summed E-state index contributed by atoms with van der Waals surface area (Å²) >= 11 is 6.29. The molecule has 1 amide bonds. The van der Waals surface area contributed by atoms with Gasteiger partial charge in [0.05, 0.1) is 12.8 Å². The van der Waals surface area contributed by atoms with Gasteiger partial charge in [0.15, 0.2) is 0 Å². The summed E-state index contributed by atoms with van der Waals surface area (Å²) in [6.45, 7) is 4.68. The number of halogens is 1. The number of amides is 1. The van der Waals surface area contributed by atoms with Gasteiger partial charge in [-0.1, -0.05) is 78.3 Å². The van der Waals surface area contributed by atoms with Gasteiger partial charge >= 0.3 is 0 Å². The second kappa shape index (κ2) is 10.3. The number of carbonyl (C=O) groups is 1. The Morgan fingerprint density at radius 3 is 2.12 bits per heavy atom. The molecule has 1 saturated heterocycles. The minimum absolute atomic E-state index is 0.0969. The van der Waals surface area contributed by atoms with Crippen molar-refractivity contribution in [2.45, 2.75) is 6.54 Å². The molecule has 5 rings (SSSR count). The van der Waals surface area contributed by atoms with Gasteiger partial charge in [-0.25, -0.2) is 5.43 Å². The lowest BCUT2D eigenvalue weighted by molar-refractivity contribution is -0.122. The zero-order valence-electron chi connectivity index (χ0n) is 19.0. The van der Waals surface area contributed by atoms with Gasteiger partial charge in [-0.15, -0.1) is 0 Å². The standard InChI is InChI=1S/C28H27ClN4O/c29-27-12-6-3-9-23(27)19-32-13-15-33(16-14-32)20-28(34)31-30-18-26-24-10-4-1-7-21(24)17-22-8-2-5-11-25(22)26/h1-12,17-18H,13-16,19-20H2,(H,31,34)/b30-18+. The Balaban J connectivity index is 1.18. The van der Waals surface area contributed by atoms with Crippen LogP contribution < -0.4 is 5.43 Å². The number of carbonyl (C=O) groups excluding carboxylic acids is 1. The van der Waals surface area contributed by atoms with Crippen LogP contribution in [0.5, 0.6) is 0 Å². The maximum Gasteiger partial charge on any atom is 0.254 e. The van der Waals surface area contributed by atoms with E-state index in [1.54, 1.807) is 6.21 Å². The van der Waals surface area contributed by atoms with Gasteiger partial charge in [-0.2, -0.15) is 5.10 Å². The number of fused-ring (bicyclic) bond motifs is 2. The van der Waals surface area contributed by atoms with Crippen LogP contribution in [0.15, 0.2) is 84.0 Å². The Bertz CT molecular complexity index is 1290. The van der Waals surface area contributed by atoms with Crippen LogP contribution in [0, 0.1) is 0 Å². The molecule has 5 nitrogen and oxygen atoms in total. The molecule has 6 heteroatoms. The van der Waals surface area contributed by atoms with Gasteiger partial charge in [0.2, 0.25) is 0 Å². The number of rotatable bonds is 6. The first-order valence-corrected chi connectivity index (χ1v) is 12.0. The summed E-state index contributed by atoms with van der Waals surface area (Å²) < 4.78 is 0. The molecule has 0 atom stereocenters. The maximum absolute atomic E-state index is 12.5. The van der Waals surface area contributed by atoms with Crippen LogP contribution in [0.25, 0.3) is 21.5 Å². The monoisotopic (exact) mass is 470 g/mol. The molecule has 1 fully saturated rings. The van der Waals surface area contributed by atoms with Crippen molar-refractivity contribution >= 4 is 45.3 Å². The van der Waals surface area contributed by atoms with Gasteiger partial charge < -0.3 is 0 Å². The third-order valence-corrected chi connectivity index (χ3v) is 6.75. The van der Waals surface area contributed by atoms with Crippen molar-refractivity contribution in [1.82, 2.24) is 15.2 Å². The molecule has 0 radical (unpaired) electrons. The molecule has 1 aliphatic rings. The maximum atomic E-state index is 12.5. The zero-order valence-corrected chi connectivity index (χ0v) is 19.7. The van der Waals surface area contributed by atoms with E-state index in [4.69, 9.17) is 11.6 Å². The molecule has 1 aliphatic heterocycles. The molecule has 0 unspecified atom stereocenters. The van der Waals surface area contributed by atoms with Crippen molar-refractivity contribution in [3.05, 3.63) is 95.0 Å². The first kappa shape index (κ1) is 22.5. The zero-order chi connectivity index (χ0) is 23.3. The number of hydrogen-bond acceptors (Lipinski definition) is 4. The molecule has 0 bridgehead atoms. The predicted octanol–water partition coefficient (Wildman–Crippen LogP) is 4.91. The van der Waals surface area contributed by atoms with E-state index < -0.39 is 0 Å². The summed E-state index contributed by atoms with van der Waals surface area (Å²) in [6.07, 6.45) is 1.77. The van der Waals surface area contributed by atoms with Gasteiger partial charge in [0.25, 0.3) is 5.91 Å². The highest BCUT2D eigenvalue weighted by atomic mass is 35.5. The molecule has 1 heterocycles. The average molecular weight is 471 g/mol. The van der Waals surface area contributed by atoms with Gasteiger partial charge in [0, 0.05) is 43.3 Å². The number of hydrogen-bond donors (Lipinski definition) is 1. The van der Waals surface area contributed by atoms with Crippen LogP contribution in [-0.2, 0) is 11.3 Å². The van der Waals surface area contributed by atoms with Gasteiger partial charge in [0.1, 0.15) is 0 Å². The molecular formula is C28H27ClN4O. The van der Waals surface area contributed by atoms with Crippen molar-refractivity contribution < 1.29 is 4.79 Å². The first-order chi connectivity index (χ1) is 16.7. The van der Waals surface area contributed by atoms with Crippen molar-refractivity contribution in [3.63, 3.8) is 0 Å². The summed E-state index contributed by atoms with van der Waals surface area (Å²) in [6, 6.07) is 26.7. The molecule has 1 N–H and O–H groups in total. The fourth-order valence-electron chi connectivity index (χ4n) is 4.57. The van der Waals surface area contributed by atoms with Crippen LogP contribution >= 0.6 is 11.6 Å². The van der Waals surface area contributed by atoms with E-state index in [0.717, 1.165) is 70.4 Å². The van der Waals surface area contributed by atoms with Crippen LogP contribution in [0.1, 0.15) is 11.1 Å². The SMILES string of the molecule is O=C(CN1CCN(Cc2ccccc2Cl)CC1)N/N=C/c1c2ccccc2cc2ccccc12. The fourth-order valence-corrected chi connectivity index (χ4v) is 4.76. The van der Waals surface area contributed by atoms with Crippen molar-refractivity contribution in [2.24, 2.45) is 5.10 Å². The summed E-state index contributed by atoms with van der Waals surface area (Å²) in [7, 11) is 0. The smallest absolute Gasteiger partial charge is 0.254 e. The topological polar surface area (TPSA) is 47.9 Å². The summed E-state index contributed by atoms with van der Waals surface area (Å²) in [5, 5.41) is 9.67. The minimum Gasteiger partial charge on any atom is -0.296 e.